The molecule has 0 N–H and O–H groups in total. The Morgan fingerprint density at radius 1 is 1.42 bits per heavy atom. The Labute approximate surface area is 119 Å². The molecule has 0 aromatic heterocycles. The Balaban J connectivity index is 2.98. The number of benzene rings is 1. The second kappa shape index (κ2) is 6.87. The third-order valence-electron chi connectivity index (χ3n) is 2.92. The number of nitrogens with zero attached hydrogens (tertiary/aromatic N) is 2. The average Bonchev–Trinajstić information content (AvgIpc) is 2.32. The van der Waals surface area contributed by atoms with Gasteiger partial charge in [-0.1, -0.05) is 11.6 Å². The van der Waals surface area contributed by atoms with Crippen molar-refractivity contribution in [3.05, 3.63) is 34.6 Å². The van der Waals surface area contributed by atoms with Gasteiger partial charge in [0.2, 0.25) is 0 Å². The molecular weight excluding hydrogens is 267 g/mol. The fourth-order valence-electron chi connectivity index (χ4n) is 2.10. The van der Waals surface area contributed by atoms with Crippen LogP contribution in [0.5, 0.6) is 0 Å². The molecule has 1 atom stereocenters. The van der Waals surface area contributed by atoms with Crippen molar-refractivity contribution in [1.82, 2.24) is 9.80 Å². The predicted molar refractivity (Wildman–Crippen MR) is 76.1 cm³/mol. The van der Waals surface area contributed by atoms with E-state index in [0.717, 1.165) is 6.54 Å². The van der Waals surface area contributed by atoms with Crippen molar-refractivity contribution in [3.63, 3.8) is 0 Å². The molecule has 5 heteroatoms. The average molecular weight is 287 g/mol. The van der Waals surface area contributed by atoms with Crippen molar-refractivity contribution in [2.75, 3.05) is 27.2 Å². The van der Waals surface area contributed by atoms with Crippen molar-refractivity contribution >= 4 is 17.5 Å². The first-order chi connectivity index (χ1) is 8.86. The van der Waals surface area contributed by atoms with Crippen LogP contribution in [0.4, 0.5) is 4.39 Å². The highest BCUT2D eigenvalue weighted by molar-refractivity contribution is 6.31. The van der Waals surface area contributed by atoms with E-state index in [1.165, 1.54) is 18.2 Å². The van der Waals surface area contributed by atoms with Crippen LogP contribution < -0.4 is 0 Å². The Kier molecular flexibility index (Phi) is 5.76. The Bertz CT molecular complexity index is 451. The first-order valence-electron chi connectivity index (χ1n) is 6.27. The molecule has 1 aromatic rings. The van der Waals surface area contributed by atoms with E-state index in [9.17, 15) is 9.18 Å². The second-order valence-electron chi connectivity index (χ2n) is 4.83. The van der Waals surface area contributed by atoms with Crippen LogP contribution in [-0.4, -0.2) is 48.9 Å². The Morgan fingerprint density at radius 3 is 2.58 bits per heavy atom. The lowest BCUT2D eigenvalue weighted by Crippen LogP contribution is -2.44. The zero-order chi connectivity index (χ0) is 14.6. The molecule has 19 heavy (non-hydrogen) atoms. The highest BCUT2D eigenvalue weighted by Crippen LogP contribution is 2.18. The second-order valence-corrected chi connectivity index (χ2v) is 5.26. The topological polar surface area (TPSA) is 23.6 Å². The van der Waals surface area contributed by atoms with Gasteiger partial charge in [0.25, 0.3) is 5.91 Å². The summed E-state index contributed by atoms with van der Waals surface area (Å²) in [7, 11) is 3.88. The van der Waals surface area contributed by atoms with Crippen LogP contribution in [0.3, 0.4) is 0 Å². The van der Waals surface area contributed by atoms with E-state index in [0.29, 0.717) is 11.6 Å². The van der Waals surface area contributed by atoms with Crippen LogP contribution in [0.15, 0.2) is 18.2 Å². The van der Waals surface area contributed by atoms with E-state index in [2.05, 4.69) is 0 Å². The Morgan fingerprint density at radius 2 is 2.05 bits per heavy atom. The molecule has 106 valence electrons. The molecule has 0 heterocycles. The van der Waals surface area contributed by atoms with Crippen LogP contribution in [0.2, 0.25) is 5.02 Å². The van der Waals surface area contributed by atoms with E-state index in [-0.39, 0.29) is 17.5 Å². The van der Waals surface area contributed by atoms with Crippen LogP contribution in [0, 0.1) is 5.82 Å². The van der Waals surface area contributed by atoms with E-state index in [1.54, 1.807) is 4.90 Å². The maximum Gasteiger partial charge on any atom is 0.257 e. The third-order valence-corrected chi connectivity index (χ3v) is 3.16. The number of carbonyl (C=O) groups excluding carboxylic acids is 1. The quantitative estimate of drug-likeness (QED) is 0.831. The summed E-state index contributed by atoms with van der Waals surface area (Å²) in [4.78, 5) is 16.0. The summed E-state index contributed by atoms with van der Waals surface area (Å²) >= 11 is 5.83. The van der Waals surface area contributed by atoms with Crippen LogP contribution in [-0.2, 0) is 0 Å². The molecule has 0 aliphatic carbocycles. The van der Waals surface area contributed by atoms with Gasteiger partial charge in [0.15, 0.2) is 0 Å². The number of likely N-dealkylation sites (N-methyl/N-ethyl adjacent to an activating group) is 2. The summed E-state index contributed by atoms with van der Waals surface area (Å²) in [5.74, 6) is -0.859. The zero-order valence-electron chi connectivity index (χ0n) is 11.8. The van der Waals surface area contributed by atoms with Gasteiger partial charge in [0, 0.05) is 24.2 Å². The van der Waals surface area contributed by atoms with Gasteiger partial charge in [0.05, 0.1) is 5.56 Å². The monoisotopic (exact) mass is 286 g/mol. The Hall–Kier alpha value is -1.13. The molecule has 0 saturated carbocycles. The minimum atomic E-state index is -0.537. The molecule has 1 unspecified atom stereocenters. The van der Waals surface area contributed by atoms with Gasteiger partial charge < -0.3 is 9.80 Å². The van der Waals surface area contributed by atoms with Crippen molar-refractivity contribution < 1.29 is 9.18 Å². The van der Waals surface area contributed by atoms with Gasteiger partial charge in [-0.05, 0) is 46.1 Å². The van der Waals surface area contributed by atoms with Crippen LogP contribution in [0.25, 0.3) is 0 Å². The van der Waals surface area contributed by atoms with E-state index < -0.39 is 5.82 Å². The number of amides is 1. The zero-order valence-corrected chi connectivity index (χ0v) is 12.5. The maximum absolute atomic E-state index is 13.7. The minimum Gasteiger partial charge on any atom is -0.335 e. The van der Waals surface area contributed by atoms with E-state index in [4.69, 9.17) is 11.6 Å². The summed E-state index contributed by atoms with van der Waals surface area (Å²) in [5, 5.41) is 0.362. The summed E-state index contributed by atoms with van der Waals surface area (Å²) in [6, 6.07) is 4.04. The van der Waals surface area contributed by atoms with E-state index >= 15 is 0 Å². The molecule has 0 radical (unpaired) electrons. The number of rotatable bonds is 5. The SMILES string of the molecule is CCN(C(=O)c1cc(Cl)ccc1F)C(C)CN(C)C. The van der Waals surface area contributed by atoms with Crippen molar-refractivity contribution in [2.45, 2.75) is 19.9 Å². The molecule has 0 aliphatic heterocycles. The number of halogens is 2. The minimum absolute atomic E-state index is 0.00545. The van der Waals surface area contributed by atoms with Crippen molar-refractivity contribution in [3.8, 4) is 0 Å². The predicted octanol–water partition coefficient (Wildman–Crippen LogP) is 2.89. The molecule has 3 nitrogen and oxygen atoms in total. The third kappa shape index (κ3) is 4.18. The fraction of sp³-hybridized carbons (Fsp3) is 0.500. The normalized spacial score (nSPS) is 12.6. The molecule has 0 saturated heterocycles. The number of hydrogen-bond donors (Lipinski definition) is 0. The lowest BCUT2D eigenvalue weighted by molar-refractivity contribution is 0.0674. The lowest BCUT2D eigenvalue weighted by atomic mass is 10.1. The molecule has 0 aliphatic rings. The summed E-state index contributed by atoms with van der Waals surface area (Å²) < 4.78 is 13.7. The molecule has 0 spiro atoms. The standard InChI is InChI=1S/C14H20ClFN2O/c1-5-18(10(2)9-17(3)4)14(19)12-8-11(15)6-7-13(12)16/h6-8,10H,5,9H2,1-4H3. The van der Waals surface area contributed by atoms with Crippen LogP contribution >= 0.6 is 11.6 Å². The molecule has 1 rings (SSSR count). The van der Waals surface area contributed by atoms with Crippen molar-refractivity contribution in [1.29, 1.82) is 0 Å². The van der Waals surface area contributed by atoms with Gasteiger partial charge in [-0.2, -0.15) is 0 Å². The molecular formula is C14H20ClFN2O. The first kappa shape index (κ1) is 15.9. The number of hydrogen-bond acceptors (Lipinski definition) is 2. The highest BCUT2D eigenvalue weighted by atomic mass is 35.5. The fourth-order valence-corrected chi connectivity index (χ4v) is 2.27. The first-order valence-corrected chi connectivity index (χ1v) is 6.65. The van der Waals surface area contributed by atoms with E-state index in [1.807, 2.05) is 32.8 Å². The smallest absolute Gasteiger partial charge is 0.257 e. The van der Waals surface area contributed by atoms with Crippen molar-refractivity contribution in [2.24, 2.45) is 0 Å². The summed E-state index contributed by atoms with van der Waals surface area (Å²) in [6.07, 6.45) is 0. The highest BCUT2D eigenvalue weighted by Gasteiger charge is 2.23. The molecule has 0 bridgehead atoms. The number of carbonyl (C=O) groups is 1. The van der Waals surface area contributed by atoms with Gasteiger partial charge in [-0.25, -0.2) is 4.39 Å². The van der Waals surface area contributed by atoms with Gasteiger partial charge in [-0.3, -0.25) is 4.79 Å². The maximum atomic E-state index is 13.7. The molecule has 0 fully saturated rings. The van der Waals surface area contributed by atoms with Crippen LogP contribution in [0.1, 0.15) is 24.2 Å². The summed E-state index contributed by atoms with van der Waals surface area (Å²) in [6.45, 7) is 5.08. The largest absolute Gasteiger partial charge is 0.335 e. The molecule has 1 aromatic carbocycles. The van der Waals surface area contributed by atoms with Gasteiger partial charge in [-0.15, -0.1) is 0 Å². The summed E-state index contributed by atoms with van der Waals surface area (Å²) in [5.41, 5.74) is 0.0277. The molecule has 1 amide bonds. The van der Waals surface area contributed by atoms with Gasteiger partial charge in [0.1, 0.15) is 5.82 Å². The lowest BCUT2D eigenvalue weighted by Gasteiger charge is -2.30. The van der Waals surface area contributed by atoms with Gasteiger partial charge >= 0.3 is 0 Å².